The number of hydrogen-bond acceptors (Lipinski definition) is 3. The Balaban J connectivity index is 1.83. The quantitative estimate of drug-likeness (QED) is 0.842. The highest BCUT2D eigenvalue weighted by atomic mass is 32.2. The first-order valence-corrected chi connectivity index (χ1v) is 10.2. The fourth-order valence-electron chi connectivity index (χ4n) is 3.88. The summed E-state index contributed by atoms with van der Waals surface area (Å²) in [7, 11) is -3.48. The first-order valence-electron chi connectivity index (χ1n) is 8.77. The van der Waals surface area contributed by atoms with E-state index in [1.807, 2.05) is 4.90 Å². The van der Waals surface area contributed by atoms with Crippen LogP contribution in [0.15, 0.2) is 29.2 Å². The molecule has 2 aliphatic heterocycles. The zero-order valence-electron chi connectivity index (χ0n) is 14.4. The summed E-state index contributed by atoms with van der Waals surface area (Å²) in [6, 6.07) is 6.52. The van der Waals surface area contributed by atoms with Crippen LogP contribution < -0.4 is 0 Å². The molecule has 0 saturated carbocycles. The molecule has 0 radical (unpaired) electrons. The van der Waals surface area contributed by atoms with Crippen LogP contribution in [0.3, 0.4) is 0 Å². The summed E-state index contributed by atoms with van der Waals surface area (Å²) in [5, 5.41) is 0. The van der Waals surface area contributed by atoms with E-state index in [9.17, 15) is 13.2 Å². The smallest absolute Gasteiger partial charge is 0.253 e. The fourth-order valence-corrected chi connectivity index (χ4v) is 5.44. The largest absolute Gasteiger partial charge is 0.338 e. The Kier molecular flexibility index (Phi) is 4.97. The van der Waals surface area contributed by atoms with Crippen LogP contribution in [0.4, 0.5) is 0 Å². The number of benzene rings is 1. The molecule has 0 bridgehead atoms. The number of piperidine rings is 1. The van der Waals surface area contributed by atoms with Gasteiger partial charge in [0.2, 0.25) is 10.0 Å². The van der Waals surface area contributed by atoms with Crippen molar-refractivity contribution in [2.45, 2.75) is 38.0 Å². The van der Waals surface area contributed by atoms with Crippen molar-refractivity contribution in [2.75, 3.05) is 26.2 Å². The van der Waals surface area contributed by atoms with Gasteiger partial charge in [0.05, 0.1) is 4.90 Å². The predicted octanol–water partition coefficient (Wildman–Crippen LogP) is 2.59. The lowest BCUT2D eigenvalue weighted by Gasteiger charge is -2.35. The molecule has 132 valence electrons. The molecule has 0 N–H and O–H groups in total. The molecular weight excluding hydrogens is 324 g/mol. The molecule has 2 atom stereocenters. The predicted molar refractivity (Wildman–Crippen MR) is 93.3 cm³/mol. The van der Waals surface area contributed by atoms with Crippen LogP contribution >= 0.6 is 0 Å². The lowest BCUT2D eigenvalue weighted by atomic mass is 9.91. The van der Waals surface area contributed by atoms with E-state index in [4.69, 9.17) is 0 Å². The minimum atomic E-state index is -3.48. The van der Waals surface area contributed by atoms with Gasteiger partial charge in [-0.25, -0.2) is 8.42 Å². The second kappa shape index (κ2) is 6.84. The summed E-state index contributed by atoms with van der Waals surface area (Å²) in [5.41, 5.74) is 0.469. The van der Waals surface area contributed by atoms with Crippen molar-refractivity contribution in [2.24, 2.45) is 11.8 Å². The van der Waals surface area contributed by atoms with Gasteiger partial charge in [-0.05, 0) is 49.3 Å². The van der Waals surface area contributed by atoms with Crippen LogP contribution in [0.5, 0.6) is 0 Å². The highest BCUT2D eigenvalue weighted by molar-refractivity contribution is 7.89. The van der Waals surface area contributed by atoms with Gasteiger partial charge in [-0.15, -0.1) is 0 Å². The van der Waals surface area contributed by atoms with Gasteiger partial charge in [0.15, 0.2) is 0 Å². The summed E-state index contributed by atoms with van der Waals surface area (Å²) in [5.74, 6) is 0.898. The molecular formula is C18H26N2O3S. The molecule has 2 fully saturated rings. The average Bonchev–Trinajstić information content (AvgIpc) is 3.08. The maximum Gasteiger partial charge on any atom is 0.253 e. The van der Waals surface area contributed by atoms with Crippen molar-refractivity contribution in [1.82, 2.24) is 9.21 Å². The fraction of sp³-hybridized carbons (Fsp3) is 0.611. The second-order valence-corrected chi connectivity index (χ2v) is 9.23. The van der Waals surface area contributed by atoms with Crippen LogP contribution in [0.25, 0.3) is 0 Å². The van der Waals surface area contributed by atoms with Crippen molar-refractivity contribution in [3.05, 3.63) is 29.8 Å². The molecule has 5 nitrogen and oxygen atoms in total. The zero-order chi connectivity index (χ0) is 17.3. The monoisotopic (exact) mass is 350 g/mol. The van der Waals surface area contributed by atoms with Crippen molar-refractivity contribution in [3.63, 3.8) is 0 Å². The SMILES string of the molecule is C[C@@H]1C[C@H](C)CN(C(=O)c2cccc(S(=O)(=O)N3CCCC3)c2)C1. The topological polar surface area (TPSA) is 57.7 Å². The first-order chi connectivity index (χ1) is 11.4. The van der Waals surface area contributed by atoms with Crippen LogP contribution in [0.2, 0.25) is 0 Å². The molecule has 0 spiro atoms. The Morgan fingerprint density at radius 1 is 1.08 bits per heavy atom. The van der Waals surface area contributed by atoms with Gasteiger partial charge < -0.3 is 4.90 Å². The molecule has 3 rings (SSSR count). The second-order valence-electron chi connectivity index (χ2n) is 7.30. The molecule has 0 aromatic heterocycles. The van der Waals surface area contributed by atoms with E-state index in [1.165, 1.54) is 4.31 Å². The van der Waals surface area contributed by atoms with Gasteiger partial charge in [0.25, 0.3) is 5.91 Å². The molecule has 1 aromatic carbocycles. The van der Waals surface area contributed by atoms with E-state index in [-0.39, 0.29) is 10.8 Å². The maximum absolute atomic E-state index is 12.8. The zero-order valence-corrected chi connectivity index (χ0v) is 15.3. The molecule has 0 aliphatic carbocycles. The number of likely N-dealkylation sites (tertiary alicyclic amines) is 1. The van der Waals surface area contributed by atoms with E-state index < -0.39 is 10.0 Å². The summed E-state index contributed by atoms with van der Waals surface area (Å²) < 4.78 is 26.9. The van der Waals surface area contributed by atoms with Gasteiger partial charge in [0.1, 0.15) is 0 Å². The van der Waals surface area contributed by atoms with E-state index in [2.05, 4.69) is 13.8 Å². The van der Waals surface area contributed by atoms with Gasteiger partial charge in [-0.1, -0.05) is 19.9 Å². The number of rotatable bonds is 3. The minimum Gasteiger partial charge on any atom is -0.338 e. The molecule has 24 heavy (non-hydrogen) atoms. The molecule has 2 saturated heterocycles. The molecule has 1 aromatic rings. The Hall–Kier alpha value is -1.40. The standard InChI is InChI=1S/C18H26N2O3S/c1-14-10-15(2)13-19(12-14)18(21)16-6-5-7-17(11-16)24(22,23)20-8-3-4-9-20/h5-7,11,14-15H,3-4,8-10,12-13H2,1-2H3/t14-,15+. The first kappa shape index (κ1) is 17.4. The average molecular weight is 350 g/mol. The van der Waals surface area contributed by atoms with E-state index >= 15 is 0 Å². The summed E-state index contributed by atoms with van der Waals surface area (Å²) >= 11 is 0. The van der Waals surface area contributed by atoms with Crippen molar-refractivity contribution in [3.8, 4) is 0 Å². The number of carbonyl (C=O) groups excluding carboxylic acids is 1. The molecule has 0 unspecified atom stereocenters. The lowest BCUT2D eigenvalue weighted by molar-refractivity contribution is 0.0623. The number of hydrogen-bond donors (Lipinski definition) is 0. The molecule has 1 amide bonds. The number of amides is 1. The third-order valence-electron chi connectivity index (χ3n) is 4.94. The summed E-state index contributed by atoms with van der Waals surface area (Å²) in [6.45, 7) is 6.94. The maximum atomic E-state index is 12.8. The highest BCUT2D eigenvalue weighted by Crippen LogP contribution is 2.25. The third kappa shape index (κ3) is 3.49. The molecule has 6 heteroatoms. The number of carbonyl (C=O) groups is 1. The van der Waals surface area contributed by atoms with Crippen LogP contribution in [0, 0.1) is 11.8 Å². The van der Waals surface area contributed by atoms with Crippen molar-refractivity contribution < 1.29 is 13.2 Å². The van der Waals surface area contributed by atoms with E-state index in [0.717, 1.165) is 32.4 Å². The lowest BCUT2D eigenvalue weighted by Crippen LogP contribution is -2.42. The van der Waals surface area contributed by atoms with Gasteiger partial charge in [-0.2, -0.15) is 4.31 Å². The normalized spacial score (nSPS) is 25.8. The number of sulfonamides is 1. The highest BCUT2D eigenvalue weighted by Gasteiger charge is 2.29. The molecule has 2 heterocycles. The minimum absolute atomic E-state index is 0.0631. The Morgan fingerprint density at radius 3 is 2.33 bits per heavy atom. The van der Waals surface area contributed by atoms with E-state index in [1.54, 1.807) is 24.3 Å². The number of nitrogens with zero attached hydrogens (tertiary/aromatic N) is 2. The third-order valence-corrected chi connectivity index (χ3v) is 6.83. The Labute approximate surface area is 144 Å². The Bertz CT molecular complexity index is 701. The molecule has 2 aliphatic rings. The van der Waals surface area contributed by atoms with Crippen LogP contribution in [-0.2, 0) is 10.0 Å². The van der Waals surface area contributed by atoms with E-state index in [0.29, 0.717) is 30.5 Å². The van der Waals surface area contributed by atoms with Crippen LogP contribution in [-0.4, -0.2) is 49.7 Å². The van der Waals surface area contributed by atoms with Gasteiger partial charge in [-0.3, -0.25) is 4.79 Å². The van der Waals surface area contributed by atoms with Crippen LogP contribution in [0.1, 0.15) is 43.5 Å². The van der Waals surface area contributed by atoms with Gasteiger partial charge in [0, 0.05) is 31.7 Å². The summed E-state index contributed by atoms with van der Waals surface area (Å²) in [4.78, 5) is 14.9. The Morgan fingerprint density at radius 2 is 1.71 bits per heavy atom. The van der Waals surface area contributed by atoms with Crippen molar-refractivity contribution >= 4 is 15.9 Å². The summed E-state index contributed by atoms with van der Waals surface area (Å²) in [6.07, 6.45) is 2.94. The van der Waals surface area contributed by atoms with Gasteiger partial charge >= 0.3 is 0 Å². The van der Waals surface area contributed by atoms with Crippen molar-refractivity contribution in [1.29, 1.82) is 0 Å².